The minimum absolute atomic E-state index is 0.769. The summed E-state index contributed by atoms with van der Waals surface area (Å²) in [7, 11) is 1.62. The van der Waals surface area contributed by atoms with E-state index in [1.807, 2.05) is 19.1 Å². The van der Waals surface area contributed by atoms with Crippen LogP contribution in [0.25, 0.3) is 6.08 Å². The highest BCUT2D eigenvalue weighted by Crippen LogP contribution is 2.16. The number of methoxy groups -OCH3 is 1. The van der Waals surface area contributed by atoms with Gasteiger partial charge in [0, 0.05) is 5.69 Å². The number of hydrogen-bond donors (Lipinski definition) is 0. The number of aromatic nitrogens is 1. The molecular formula is C9H11NO. The molecule has 0 saturated carbocycles. The predicted octanol–water partition coefficient (Wildman–Crippen LogP) is 2.04. The minimum Gasteiger partial charge on any atom is -0.494 e. The third-order valence-corrected chi connectivity index (χ3v) is 1.44. The molecule has 1 aromatic heterocycles. The predicted molar refractivity (Wildman–Crippen MR) is 45.6 cm³/mol. The van der Waals surface area contributed by atoms with Gasteiger partial charge in [0.25, 0.3) is 0 Å². The van der Waals surface area contributed by atoms with Gasteiger partial charge in [0.1, 0.15) is 11.4 Å². The highest BCUT2D eigenvalue weighted by Gasteiger charge is 1.98. The Bertz CT molecular complexity index is 268. The zero-order chi connectivity index (χ0) is 8.27. The van der Waals surface area contributed by atoms with Crippen LogP contribution in [-0.4, -0.2) is 12.1 Å². The van der Waals surface area contributed by atoms with Crippen LogP contribution in [0.15, 0.2) is 18.7 Å². The molecule has 0 spiro atoms. The summed E-state index contributed by atoms with van der Waals surface area (Å²) >= 11 is 0. The maximum atomic E-state index is 5.06. The van der Waals surface area contributed by atoms with Crippen LogP contribution in [0.1, 0.15) is 11.4 Å². The molecule has 1 heterocycles. The van der Waals surface area contributed by atoms with Crippen LogP contribution >= 0.6 is 0 Å². The van der Waals surface area contributed by atoms with E-state index >= 15 is 0 Å². The molecule has 0 saturated heterocycles. The molecule has 0 fully saturated rings. The lowest BCUT2D eigenvalue weighted by atomic mass is 10.3. The normalized spacial score (nSPS) is 9.27. The Kier molecular flexibility index (Phi) is 2.26. The Balaban J connectivity index is 3.16. The van der Waals surface area contributed by atoms with Crippen molar-refractivity contribution in [2.24, 2.45) is 0 Å². The zero-order valence-electron chi connectivity index (χ0n) is 6.79. The fourth-order valence-corrected chi connectivity index (χ4v) is 0.883. The van der Waals surface area contributed by atoms with E-state index in [9.17, 15) is 0 Å². The van der Waals surface area contributed by atoms with Crippen LogP contribution in [0, 0.1) is 6.92 Å². The summed E-state index contributed by atoms with van der Waals surface area (Å²) in [5, 5.41) is 0. The van der Waals surface area contributed by atoms with Crippen molar-refractivity contribution in [2.75, 3.05) is 7.11 Å². The van der Waals surface area contributed by atoms with Gasteiger partial charge in [-0.3, -0.25) is 0 Å². The van der Waals surface area contributed by atoms with Gasteiger partial charge >= 0.3 is 0 Å². The monoisotopic (exact) mass is 149 g/mol. The van der Waals surface area contributed by atoms with E-state index in [0.717, 1.165) is 17.1 Å². The summed E-state index contributed by atoms with van der Waals surface area (Å²) in [5.74, 6) is 0.769. The zero-order valence-corrected chi connectivity index (χ0v) is 6.79. The average Bonchev–Trinajstić information content (AvgIpc) is 2.04. The van der Waals surface area contributed by atoms with Gasteiger partial charge in [0.2, 0.25) is 0 Å². The molecule has 0 aliphatic carbocycles. The quantitative estimate of drug-likeness (QED) is 0.642. The first-order chi connectivity index (χ1) is 5.27. The van der Waals surface area contributed by atoms with Gasteiger partial charge < -0.3 is 4.74 Å². The highest BCUT2D eigenvalue weighted by molar-refractivity contribution is 5.51. The molecule has 1 aromatic rings. The van der Waals surface area contributed by atoms with E-state index in [-0.39, 0.29) is 0 Å². The van der Waals surface area contributed by atoms with Crippen molar-refractivity contribution in [1.82, 2.24) is 4.98 Å². The fourth-order valence-electron chi connectivity index (χ4n) is 0.883. The summed E-state index contributed by atoms with van der Waals surface area (Å²) < 4.78 is 5.06. The molecule has 0 radical (unpaired) electrons. The number of pyridine rings is 1. The van der Waals surface area contributed by atoms with Gasteiger partial charge in [-0.25, -0.2) is 4.98 Å². The Morgan fingerprint density at radius 2 is 2.27 bits per heavy atom. The standard InChI is InChI=1S/C9H11NO/c1-4-8-9(11-3)6-5-7(2)10-8/h4-6H,1H2,2-3H3. The molecule has 0 N–H and O–H groups in total. The lowest BCUT2D eigenvalue weighted by Crippen LogP contribution is -1.91. The molecule has 58 valence electrons. The van der Waals surface area contributed by atoms with Gasteiger partial charge in [0.05, 0.1) is 7.11 Å². The smallest absolute Gasteiger partial charge is 0.144 e. The minimum atomic E-state index is 0.769. The van der Waals surface area contributed by atoms with E-state index < -0.39 is 0 Å². The van der Waals surface area contributed by atoms with Gasteiger partial charge in [-0.2, -0.15) is 0 Å². The summed E-state index contributed by atoms with van der Waals surface area (Å²) in [6, 6.07) is 3.80. The number of ether oxygens (including phenoxy) is 1. The maximum Gasteiger partial charge on any atom is 0.144 e. The fraction of sp³-hybridized carbons (Fsp3) is 0.222. The van der Waals surface area contributed by atoms with Crippen molar-refractivity contribution in [1.29, 1.82) is 0 Å². The topological polar surface area (TPSA) is 22.1 Å². The third kappa shape index (κ3) is 1.58. The molecule has 2 heteroatoms. The summed E-state index contributed by atoms with van der Waals surface area (Å²) in [6.07, 6.45) is 1.69. The number of aryl methyl sites for hydroxylation is 1. The molecule has 0 atom stereocenters. The molecule has 11 heavy (non-hydrogen) atoms. The molecule has 0 aliphatic heterocycles. The number of rotatable bonds is 2. The largest absolute Gasteiger partial charge is 0.494 e. The van der Waals surface area contributed by atoms with Crippen LogP contribution in [0.5, 0.6) is 5.75 Å². The number of nitrogens with zero attached hydrogens (tertiary/aromatic N) is 1. The SMILES string of the molecule is C=Cc1nc(C)ccc1OC. The molecule has 1 rings (SSSR count). The van der Waals surface area contributed by atoms with E-state index in [4.69, 9.17) is 4.74 Å². The van der Waals surface area contributed by atoms with Crippen molar-refractivity contribution in [2.45, 2.75) is 6.92 Å². The molecule has 0 amide bonds. The van der Waals surface area contributed by atoms with Crippen molar-refractivity contribution in [3.8, 4) is 5.75 Å². The van der Waals surface area contributed by atoms with Gasteiger partial charge in [-0.05, 0) is 25.1 Å². The lowest BCUT2D eigenvalue weighted by Gasteiger charge is -2.03. The summed E-state index contributed by atoms with van der Waals surface area (Å²) in [6.45, 7) is 5.58. The molecule has 0 aromatic carbocycles. The molecule has 0 bridgehead atoms. The van der Waals surface area contributed by atoms with Crippen molar-refractivity contribution >= 4 is 6.08 Å². The van der Waals surface area contributed by atoms with Crippen molar-refractivity contribution < 1.29 is 4.74 Å². The summed E-state index contributed by atoms with van der Waals surface area (Å²) in [5.41, 5.74) is 1.77. The Hall–Kier alpha value is -1.31. The molecule has 0 unspecified atom stereocenters. The first-order valence-electron chi connectivity index (χ1n) is 3.42. The van der Waals surface area contributed by atoms with Crippen molar-refractivity contribution in [3.05, 3.63) is 30.1 Å². The molecular weight excluding hydrogens is 138 g/mol. The van der Waals surface area contributed by atoms with Crippen LogP contribution in [-0.2, 0) is 0 Å². The highest BCUT2D eigenvalue weighted by atomic mass is 16.5. The van der Waals surface area contributed by atoms with Crippen LogP contribution in [0.3, 0.4) is 0 Å². The van der Waals surface area contributed by atoms with Gasteiger partial charge in [-0.1, -0.05) is 6.58 Å². The lowest BCUT2D eigenvalue weighted by molar-refractivity contribution is 0.411. The second kappa shape index (κ2) is 3.19. The third-order valence-electron chi connectivity index (χ3n) is 1.44. The maximum absolute atomic E-state index is 5.06. The van der Waals surface area contributed by atoms with Gasteiger partial charge in [-0.15, -0.1) is 0 Å². The second-order valence-electron chi connectivity index (χ2n) is 2.24. The van der Waals surface area contributed by atoms with E-state index in [1.165, 1.54) is 0 Å². The van der Waals surface area contributed by atoms with E-state index in [0.29, 0.717) is 0 Å². The second-order valence-corrected chi connectivity index (χ2v) is 2.24. The Morgan fingerprint density at radius 3 is 2.82 bits per heavy atom. The number of hydrogen-bond acceptors (Lipinski definition) is 2. The first kappa shape index (κ1) is 7.79. The Labute approximate surface area is 66.5 Å². The van der Waals surface area contributed by atoms with Crippen LogP contribution in [0.4, 0.5) is 0 Å². The molecule has 2 nitrogen and oxygen atoms in total. The summed E-state index contributed by atoms with van der Waals surface area (Å²) in [4.78, 5) is 4.22. The molecule has 0 aliphatic rings. The van der Waals surface area contributed by atoms with Crippen LogP contribution in [0.2, 0.25) is 0 Å². The van der Waals surface area contributed by atoms with E-state index in [1.54, 1.807) is 13.2 Å². The van der Waals surface area contributed by atoms with Crippen molar-refractivity contribution in [3.63, 3.8) is 0 Å². The average molecular weight is 149 g/mol. The van der Waals surface area contributed by atoms with Gasteiger partial charge in [0.15, 0.2) is 0 Å². The van der Waals surface area contributed by atoms with Crippen LogP contribution < -0.4 is 4.74 Å². The van der Waals surface area contributed by atoms with E-state index in [2.05, 4.69) is 11.6 Å². The Morgan fingerprint density at radius 1 is 1.55 bits per heavy atom. The first-order valence-corrected chi connectivity index (χ1v) is 3.42.